The molecule has 0 heterocycles. The number of rotatable bonds is 3. The van der Waals surface area contributed by atoms with E-state index in [9.17, 15) is 15.3 Å². The van der Waals surface area contributed by atoms with E-state index in [1.165, 1.54) is 116 Å². The van der Waals surface area contributed by atoms with E-state index < -0.39 is 0 Å². The molecule has 12 fully saturated rings. The third kappa shape index (κ3) is 8.48. The first-order valence-electron chi connectivity index (χ1n) is 30.3. The molecule has 0 spiro atoms. The van der Waals surface area contributed by atoms with Gasteiger partial charge in [-0.15, -0.1) is 0 Å². The monoisotopic (exact) mass is 977 g/mol. The van der Waals surface area contributed by atoms with Crippen LogP contribution < -0.4 is 0 Å². The van der Waals surface area contributed by atoms with Crippen molar-refractivity contribution in [3.8, 4) is 0 Å². The van der Waals surface area contributed by atoms with Gasteiger partial charge < -0.3 is 29.5 Å². The van der Waals surface area contributed by atoms with Crippen molar-refractivity contribution in [2.45, 2.75) is 260 Å². The number of ether oxygens (including phenoxy) is 3. The molecule has 0 bridgehead atoms. The Morgan fingerprint density at radius 1 is 0.343 bits per heavy atom. The van der Waals surface area contributed by atoms with Gasteiger partial charge in [-0.3, -0.25) is 0 Å². The summed E-state index contributed by atoms with van der Waals surface area (Å²) in [6, 6.07) is 0. The maximum absolute atomic E-state index is 10.2. The Morgan fingerprint density at radius 2 is 0.600 bits per heavy atom. The average molecular weight is 978 g/mol. The Kier molecular flexibility index (Phi) is 15.6. The Labute approximate surface area is 430 Å². The van der Waals surface area contributed by atoms with E-state index in [-0.39, 0.29) is 25.7 Å². The van der Waals surface area contributed by atoms with Crippen molar-refractivity contribution < 1.29 is 29.5 Å². The van der Waals surface area contributed by atoms with Crippen LogP contribution in [0.5, 0.6) is 0 Å². The molecule has 0 unspecified atom stereocenters. The summed E-state index contributed by atoms with van der Waals surface area (Å²) in [6.07, 6.45) is 31.4. The van der Waals surface area contributed by atoms with Crippen LogP contribution >= 0.6 is 0 Å². The van der Waals surface area contributed by atoms with E-state index in [0.29, 0.717) is 68.6 Å². The maximum Gasteiger partial charge on any atom is 0.0612 e. The number of methoxy groups -OCH3 is 3. The van der Waals surface area contributed by atoms with Crippen LogP contribution in [0.25, 0.3) is 0 Å². The normalized spacial score (nSPS) is 58.2. The molecular formula is C64H112O6. The van der Waals surface area contributed by atoms with Crippen LogP contribution in [0.4, 0.5) is 0 Å². The molecule has 70 heavy (non-hydrogen) atoms. The molecule has 0 amide bonds. The molecule has 3 N–H and O–H groups in total. The molecule has 6 nitrogen and oxygen atoms in total. The third-order valence-corrected chi connectivity index (χ3v) is 28.0. The number of hydrogen-bond acceptors (Lipinski definition) is 6. The lowest BCUT2D eigenvalue weighted by molar-refractivity contribution is -0.184. The van der Waals surface area contributed by atoms with E-state index in [2.05, 4.69) is 62.3 Å². The van der Waals surface area contributed by atoms with E-state index in [0.717, 1.165) is 110 Å². The van der Waals surface area contributed by atoms with Gasteiger partial charge in [-0.2, -0.15) is 0 Å². The minimum absolute atomic E-state index is 0. The number of hydrogen-bond donors (Lipinski definition) is 3. The second kappa shape index (κ2) is 20.0. The molecule has 404 valence electrons. The van der Waals surface area contributed by atoms with Gasteiger partial charge in [-0.05, 0) is 275 Å². The van der Waals surface area contributed by atoms with Crippen LogP contribution in [-0.4, -0.2) is 73.3 Å². The summed E-state index contributed by atoms with van der Waals surface area (Å²) in [6.45, 7) is 22.8. The van der Waals surface area contributed by atoms with Gasteiger partial charge in [-0.25, -0.2) is 0 Å². The molecule has 0 radical (unpaired) electrons. The second-order valence-corrected chi connectivity index (χ2v) is 29.9. The Bertz CT molecular complexity index is 1590. The lowest BCUT2D eigenvalue weighted by Crippen LogP contribution is -2.59. The topological polar surface area (TPSA) is 88.4 Å². The maximum atomic E-state index is 10.2. The SMILES string of the molecule is C.CO[C@@H]1C[C@]2(C)[C@@H](C)CC[C@H]2[C@@H]2CC[C@H]3C[C@H](O)CC[C@]3(C)[C@H]21.CO[C@H]1C[C@]2(C)[C@@H](C)CC[C@H]2[C@@H]2CC[C@@H]3C[C@H](O)CC[C@]3(C)[C@H]21.CO[C@H]1C[C@]2(C)[C@@H](C)CC[C@H]2[C@@H]2CC[C@H]3C[C@H](O)CC[C@]3(C)[C@H]21. The summed E-state index contributed by atoms with van der Waals surface area (Å²) < 4.78 is 18.5. The molecule has 12 aliphatic carbocycles. The van der Waals surface area contributed by atoms with Crippen LogP contribution in [-0.2, 0) is 14.2 Å². The van der Waals surface area contributed by atoms with Gasteiger partial charge in [0, 0.05) is 21.3 Å². The quantitative estimate of drug-likeness (QED) is 0.261. The molecular weight excluding hydrogens is 865 g/mol. The molecule has 12 saturated carbocycles. The van der Waals surface area contributed by atoms with Crippen LogP contribution in [0.1, 0.15) is 224 Å². The summed E-state index contributed by atoms with van der Waals surface area (Å²) in [4.78, 5) is 0. The van der Waals surface area contributed by atoms with Crippen molar-refractivity contribution in [3.63, 3.8) is 0 Å². The number of aliphatic hydroxyl groups excluding tert-OH is 3. The Balaban J connectivity index is 0.000000129. The zero-order valence-corrected chi connectivity index (χ0v) is 46.7. The molecule has 0 aromatic rings. The predicted octanol–water partition coefficient (Wildman–Crippen LogP) is 14.6. The van der Waals surface area contributed by atoms with Crippen molar-refractivity contribution in [1.82, 2.24) is 0 Å². The van der Waals surface area contributed by atoms with Crippen molar-refractivity contribution in [2.24, 2.45) is 121 Å². The summed E-state index contributed by atoms with van der Waals surface area (Å²) in [5.41, 5.74) is 2.69. The number of aliphatic hydroxyl groups is 3. The van der Waals surface area contributed by atoms with Gasteiger partial charge >= 0.3 is 0 Å². The van der Waals surface area contributed by atoms with E-state index in [1.807, 2.05) is 21.3 Å². The number of fused-ring (bicyclic) bond motifs is 15. The van der Waals surface area contributed by atoms with Crippen LogP contribution in [0.15, 0.2) is 0 Å². The van der Waals surface area contributed by atoms with Gasteiger partial charge in [0.15, 0.2) is 0 Å². The van der Waals surface area contributed by atoms with E-state index in [4.69, 9.17) is 14.2 Å². The highest BCUT2D eigenvalue weighted by Crippen LogP contribution is 2.71. The predicted molar refractivity (Wildman–Crippen MR) is 286 cm³/mol. The zero-order valence-electron chi connectivity index (χ0n) is 46.7. The smallest absolute Gasteiger partial charge is 0.0612 e. The molecule has 0 aliphatic heterocycles. The van der Waals surface area contributed by atoms with Gasteiger partial charge in [0.1, 0.15) is 0 Å². The van der Waals surface area contributed by atoms with Crippen LogP contribution in [0.2, 0.25) is 0 Å². The summed E-state index contributed by atoms with van der Waals surface area (Å²) in [5, 5.41) is 30.5. The molecule has 0 saturated heterocycles. The largest absolute Gasteiger partial charge is 0.393 e. The minimum Gasteiger partial charge on any atom is -0.393 e. The molecule has 0 aromatic carbocycles. The molecule has 12 aliphatic rings. The van der Waals surface area contributed by atoms with Crippen molar-refractivity contribution >= 4 is 0 Å². The summed E-state index contributed by atoms with van der Waals surface area (Å²) in [5.74, 6) is 12.2. The lowest BCUT2D eigenvalue weighted by Gasteiger charge is -2.63. The molecule has 27 atom stereocenters. The van der Waals surface area contributed by atoms with Gasteiger partial charge in [-0.1, -0.05) is 69.7 Å². The fourth-order valence-corrected chi connectivity index (χ4v) is 23.4. The summed E-state index contributed by atoms with van der Waals surface area (Å²) in [7, 11) is 5.86. The lowest BCUT2D eigenvalue weighted by atomic mass is 9.44. The Morgan fingerprint density at radius 3 is 0.843 bits per heavy atom. The van der Waals surface area contributed by atoms with Gasteiger partial charge in [0.2, 0.25) is 0 Å². The zero-order chi connectivity index (χ0) is 49.2. The highest BCUT2D eigenvalue weighted by atomic mass is 16.5. The van der Waals surface area contributed by atoms with Gasteiger partial charge in [0.05, 0.1) is 36.6 Å². The fourth-order valence-electron chi connectivity index (χ4n) is 23.4. The second-order valence-electron chi connectivity index (χ2n) is 29.9. The molecule has 12 rings (SSSR count). The average Bonchev–Trinajstić information content (AvgIpc) is 3.92. The summed E-state index contributed by atoms with van der Waals surface area (Å²) >= 11 is 0. The highest BCUT2D eigenvalue weighted by molar-refractivity contribution is 5.15. The van der Waals surface area contributed by atoms with Crippen molar-refractivity contribution in [1.29, 1.82) is 0 Å². The first kappa shape index (κ1) is 54.5. The fraction of sp³-hybridized carbons (Fsp3) is 1.00. The molecule has 6 heteroatoms. The van der Waals surface area contributed by atoms with Crippen LogP contribution in [0.3, 0.4) is 0 Å². The van der Waals surface area contributed by atoms with E-state index >= 15 is 0 Å². The van der Waals surface area contributed by atoms with Crippen molar-refractivity contribution in [2.75, 3.05) is 21.3 Å². The third-order valence-electron chi connectivity index (χ3n) is 28.0. The Hall–Kier alpha value is -0.240. The van der Waals surface area contributed by atoms with Gasteiger partial charge in [0.25, 0.3) is 0 Å². The molecule has 0 aromatic heterocycles. The minimum atomic E-state index is -0.0500. The highest BCUT2D eigenvalue weighted by Gasteiger charge is 2.66. The first-order chi connectivity index (χ1) is 32.7. The standard InChI is InChI=1S/3C21H36O2.CH4/c3*1-13-5-8-17-16-7-6-14-11-15(22)9-10-20(14,2)19(16)18(23-4)12-21(13,17)3;/h3*13-19,22H,5-12H2,1-4H3;1H4/t13-,14+,15+,16-,17-,18-,19+,20-,21+;13-,14-,15+,16-,17-,18+,19+,20-,21+;13-,14-,15+,16-,17-,18-,19+,20-,21+;/m000./s1. The van der Waals surface area contributed by atoms with Crippen molar-refractivity contribution in [3.05, 3.63) is 0 Å². The van der Waals surface area contributed by atoms with Crippen LogP contribution in [0, 0.1) is 121 Å². The first-order valence-corrected chi connectivity index (χ1v) is 30.3. The van der Waals surface area contributed by atoms with E-state index in [1.54, 1.807) is 0 Å².